The standard InChI is InChI=1S/C12H19N3O5/c1-12(10(17)18)6-20-5-8(12)14-11(19)13-7-3-4-15(2)9(7)16/h7-8H,3-6H2,1-2H3,(H,17,18)(H2,13,14,19). The number of likely N-dealkylation sites (N-methyl/N-ethyl adjacent to an activating group) is 1. The molecular weight excluding hydrogens is 266 g/mol. The van der Waals surface area contributed by atoms with Crippen molar-refractivity contribution in [2.45, 2.75) is 25.4 Å². The number of carbonyl (C=O) groups is 3. The highest BCUT2D eigenvalue weighted by molar-refractivity contribution is 5.88. The molecule has 2 aliphatic heterocycles. The van der Waals surface area contributed by atoms with Crippen molar-refractivity contribution in [3.63, 3.8) is 0 Å². The fourth-order valence-electron chi connectivity index (χ4n) is 2.40. The molecule has 0 aliphatic carbocycles. The summed E-state index contributed by atoms with van der Waals surface area (Å²) in [6.07, 6.45) is 0.556. The Hall–Kier alpha value is -1.83. The summed E-state index contributed by atoms with van der Waals surface area (Å²) in [5, 5.41) is 14.4. The van der Waals surface area contributed by atoms with Gasteiger partial charge in [-0.3, -0.25) is 9.59 Å². The van der Waals surface area contributed by atoms with Crippen molar-refractivity contribution in [1.82, 2.24) is 15.5 Å². The molecule has 0 aromatic carbocycles. The van der Waals surface area contributed by atoms with E-state index in [0.717, 1.165) is 0 Å². The summed E-state index contributed by atoms with van der Waals surface area (Å²) in [4.78, 5) is 36.3. The number of likely N-dealkylation sites (tertiary alicyclic amines) is 1. The van der Waals surface area contributed by atoms with Crippen LogP contribution in [0.4, 0.5) is 4.79 Å². The zero-order chi connectivity index (χ0) is 14.9. The van der Waals surface area contributed by atoms with E-state index in [2.05, 4.69) is 10.6 Å². The number of aliphatic carboxylic acids is 1. The predicted molar refractivity (Wildman–Crippen MR) is 68.1 cm³/mol. The molecule has 0 saturated carbocycles. The van der Waals surface area contributed by atoms with Gasteiger partial charge in [-0.05, 0) is 13.3 Å². The highest BCUT2D eigenvalue weighted by atomic mass is 16.5. The van der Waals surface area contributed by atoms with E-state index in [1.54, 1.807) is 11.9 Å². The molecular formula is C12H19N3O5. The zero-order valence-electron chi connectivity index (χ0n) is 11.5. The minimum Gasteiger partial charge on any atom is -0.481 e. The summed E-state index contributed by atoms with van der Waals surface area (Å²) >= 11 is 0. The van der Waals surface area contributed by atoms with Crippen LogP contribution >= 0.6 is 0 Å². The second-order valence-corrected chi connectivity index (χ2v) is 5.51. The lowest BCUT2D eigenvalue weighted by Gasteiger charge is -2.26. The quantitative estimate of drug-likeness (QED) is 0.617. The van der Waals surface area contributed by atoms with Crippen LogP contribution in [0.5, 0.6) is 0 Å². The van der Waals surface area contributed by atoms with Crippen LogP contribution in [-0.4, -0.2) is 66.8 Å². The van der Waals surface area contributed by atoms with Crippen LogP contribution in [0.1, 0.15) is 13.3 Å². The number of urea groups is 1. The fourth-order valence-corrected chi connectivity index (χ4v) is 2.40. The van der Waals surface area contributed by atoms with Crippen molar-refractivity contribution in [2.75, 3.05) is 26.8 Å². The van der Waals surface area contributed by atoms with Crippen molar-refractivity contribution in [1.29, 1.82) is 0 Å². The van der Waals surface area contributed by atoms with Crippen molar-refractivity contribution in [2.24, 2.45) is 5.41 Å². The smallest absolute Gasteiger partial charge is 0.315 e. The van der Waals surface area contributed by atoms with E-state index in [1.807, 2.05) is 0 Å². The van der Waals surface area contributed by atoms with E-state index in [9.17, 15) is 19.5 Å². The van der Waals surface area contributed by atoms with Gasteiger partial charge in [0, 0.05) is 13.6 Å². The Bertz CT molecular complexity index is 441. The van der Waals surface area contributed by atoms with Gasteiger partial charge in [0.2, 0.25) is 5.91 Å². The number of hydrogen-bond donors (Lipinski definition) is 3. The lowest BCUT2D eigenvalue weighted by Crippen LogP contribution is -2.54. The third kappa shape index (κ3) is 2.55. The number of rotatable bonds is 3. The molecule has 3 unspecified atom stereocenters. The highest BCUT2D eigenvalue weighted by Crippen LogP contribution is 2.28. The van der Waals surface area contributed by atoms with Crippen molar-refractivity contribution >= 4 is 17.9 Å². The summed E-state index contributed by atoms with van der Waals surface area (Å²) in [7, 11) is 1.67. The van der Waals surface area contributed by atoms with Crippen molar-refractivity contribution in [3.05, 3.63) is 0 Å². The van der Waals surface area contributed by atoms with Gasteiger partial charge in [-0.25, -0.2) is 4.79 Å². The molecule has 0 bridgehead atoms. The Labute approximate surface area is 116 Å². The molecule has 112 valence electrons. The third-order valence-corrected chi connectivity index (χ3v) is 3.98. The summed E-state index contributed by atoms with van der Waals surface area (Å²) in [6.45, 7) is 2.33. The van der Waals surface area contributed by atoms with Gasteiger partial charge in [-0.1, -0.05) is 0 Å². The van der Waals surface area contributed by atoms with Crippen LogP contribution in [0.2, 0.25) is 0 Å². The number of carboxylic acids is 1. The lowest BCUT2D eigenvalue weighted by molar-refractivity contribution is -0.148. The molecule has 2 aliphatic rings. The molecule has 2 saturated heterocycles. The molecule has 20 heavy (non-hydrogen) atoms. The minimum absolute atomic E-state index is 0.0539. The Morgan fingerprint density at radius 3 is 2.70 bits per heavy atom. The summed E-state index contributed by atoms with van der Waals surface area (Å²) in [6, 6.07) is -1.70. The number of carboxylic acid groups (broad SMARTS) is 1. The Kier molecular flexibility index (Phi) is 3.85. The number of carbonyl (C=O) groups excluding carboxylic acids is 2. The number of amides is 3. The number of ether oxygens (including phenoxy) is 1. The molecule has 2 fully saturated rings. The highest BCUT2D eigenvalue weighted by Gasteiger charge is 2.47. The summed E-state index contributed by atoms with van der Waals surface area (Å²) in [5.74, 6) is -1.15. The first-order valence-electron chi connectivity index (χ1n) is 6.48. The topological polar surface area (TPSA) is 108 Å². The van der Waals surface area contributed by atoms with Gasteiger partial charge >= 0.3 is 12.0 Å². The number of nitrogens with zero attached hydrogens (tertiary/aromatic N) is 1. The summed E-state index contributed by atoms with van der Waals surface area (Å²) < 4.78 is 5.14. The normalized spacial score (nSPS) is 33.3. The second-order valence-electron chi connectivity index (χ2n) is 5.51. The first kappa shape index (κ1) is 14.6. The van der Waals surface area contributed by atoms with Crippen LogP contribution < -0.4 is 10.6 Å². The van der Waals surface area contributed by atoms with Gasteiger partial charge < -0.3 is 25.4 Å². The van der Waals surface area contributed by atoms with Gasteiger partial charge in [-0.15, -0.1) is 0 Å². The third-order valence-electron chi connectivity index (χ3n) is 3.98. The lowest BCUT2D eigenvalue weighted by atomic mass is 9.85. The van der Waals surface area contributed by atoms with Gasteiger partial charge in [0.25, 0.3) is 0 Å². The fraction of sp³-hybridized carbons (Fsp3) is 0.750. The summed E-state index contributed by atoms with van der Waals surface area (Å²) in [5.41, 5.74) is -1.15. The second kappa shape index (κ2) is 5.28. The SMILES string of the molecule is CN1CCC(NC(=O)NC2COCC2(C)C(=O)O)C1=O. The van der Waals surface area contributed by atoms with E-state index < -0.39 is 29.5 Å². The van der Waals surface area contributed by atoms with Crippen LogP contribution in [0.3, 0.4) is 0 Å². The Morgan fingerprint density at radius 1 is 1.45 bits per heavy atom. The van der Waals surface area contributed by atoms with Gasteiger partial charge in [0.15, 0.2) is 0 Å². The van der Waals surface area contributed by atoms with E-state index in [-0.39, 0.29) is 19.1 Å². The van der Waals surface area contributed by atoms with Gasteiger partial charge in [0.1, 0.15) is 11.5 Å². The maximum atomic E-state index is 11.9. The van der Waals surface area contributed by atoms with Crippen LogP contribution in [-0.2, 0) is 14.3 Å². The molecule has 0 radical (unpaired) electrons. The molecule has 8 nitrogen and oxygen atoms in total. The monoisotopic (exact) mass is 285 g/mol. The predicted octanol–water partition coefficient (Wildman–Crippen LogP) is -0.994. The van der Waals surface area contributed by atoms with Crippen molar-refractivity contribution < 1.29 is 24.2 Å². The molecule has 0 aromatic rings. The number of hydrogen-bond acceptors (Lipinski definition) is 4. The molecule has 3 amide bonds. The average molecular weight is 285 g/mol. The Balaban J connectivity index is 1.92. The maximum Gasteiger partial charge on any atom is 0.315 e. The Morgan fingerprint density at radius 2 is 2.15 bits per heavy atom. The van der Waals surface area contributed by atoms with E-state index in [1.165, 1.54) is 6.92 Å². The number of nitrogens with one attached hydrogen (secondary N) is 2. The van der Waals surface area contributed by atoms with E-state index >= 15 is 0 Å². The van der Waals surface area contributed by atoms with E-state index in [4.69, 9.17) is 4.74 Å². The van der Waals surface area contributed by atoms with Crippen LogP contribution in [0.15, 0.2) is 0 Å². The molecule has 3 atom stereocenters. The molecule has 2 heterocycles. The molecule has 0 aromatic heterocycles. The first-order valence-corrected chi connectivity index (χ1v) is 6.48. The molecule has 8 heteroatoms. The average Bonchev–Trinajstić information content (AvgIpc) is 2.89. The molecule has 2 rings (SSSR count). The largest absolute Gasteiger partial charge is 0.481 e. The van der Waals surface area contributed by atoms with Crippen molar-refractivity contribution in [3.8, 4) is 0 Å². The zero-order valence-corrected chi connectivity index (χ0v) is 11.5. The molecule has 0 spiro atoms. The first-order chi connectivity index (χ1) is 9.34. The van der Waals surface area contributed by atoms with E-state index in [0.29, 0.717) is 13.0 Å². The van der Waals surface area contributed by atoms with Crippen LogP contribution in [0, 0.1) is 5.41 Å². The van der Waals surface area contributed by atoms with Crippen LogP contribution in [0.25, 0.3) is 0 Å². The minimum atomic E-state index is -1.15. The van der Waals surface area contributed by atoms with Gasteiger partial charge in [0.05, 0.1) is 19.3 Å². The maximum absolute atomic E-state index is 11.9. The van der Waals surface area contributed by atoms with Gasteiger partial charge in [-0.2, -0.15) is 0 Å². The molecule has 3 N–H and O–H groups in total.